The molecule has 2 N–H and O–H groups in total. The largest absolute Gasteiger partial charge is 0.354 e. The van der Waals surface area contributed by atoms with Gasteiger partial charge in [-0.25, -0.2) is 9.97 Å². The number of nitrogens with zero attached hydrogens (tertiary/aromatic N) is 2. The summed E-state index contributed by atoms with van der Waals surface area (Å²) in [5, 5.41) is 6.75. The molecule has 0 aromatic carbocycles. The van der Waals surface area contributed by atoms with Crippen molar-refractivity contribution in [2.75, 3.05) is 25.0 Å². The molecule has 1 aliphatic rings. The first-order chi connectivity index (χ1) is 8.74. The van der Waals surface area contributed by atoms with E-state index < -0.39 is 0 Å². The second-order valence-corrected chi connectivity index (χ2v) is 5.61. The number of piperidine rings is 1. The van der Waals surface area contributed by atoms with Gasteiger partial charge in [-0.2, -0.15) is 0 Å². The zero-order valence-electron chi connectivity index (χ0n) is 11.4. The molecule has 0 spiro atoms. The van der Waals surface area contributed by atoms with Crippen molar-refractivity contribution in [2.45, 2.75) is 33.1 Å². The molecule has 2 heterocycles. The zero-order valence-corrected chi connectivity index (χ0v) is 11.4. The Hall–Kier alpha value is -1.16. The van der Waals surface area contributed by atoms with Gasteiger partial charge in [0.05, 0.1) is 0 Å². The van der Waals surface area contributed by atoms with Gasteiger partial charge >= 0.3 is 0 Å². The van der Waals surface area contributed by atoms with Crippen LogP contribution in [0.2, 0.25) is 0 Å². The molecule has 4 heteroatoms. The van der Waals surface area contributed by atoms with Gasteiger partial charge in [0.25, 0.3) is 0 Å². The Balaban J connectivity index is 1.78. The summed E-state index contributed by atoms with van der Waals surface area (Å²) in [6, 6.07) is 0. The van der Waals surface area contributed by atoms with Crippen LogP contribution in [0.4, 0.5) is 5.95 Å². The highest BCUT2D eigenvalue weighted by Gasteiger charge is 2.12. The normalized spacial score (nSPS) is 20.1. The highest BCUT2D eigenvalue weighted by atomic mass is 15.1. The molecule has 1 aromatic rings. The molecule has 1 atom stereocenters. The van der Waals surface area contributed by atoms with Gasteiger partial charge in [-0.3, -0.25) is 0 Å². The Morgan fingerprint density at radius 2 is 2.17 bits per heavy atom. The molecule has 1 saturated heterocycles. The van der Waals surface area contributed by atoms with Crippen LogP contribution in [0.3, 0.4) is 0 Å². The van der Waals surface area contributed by atoms with E-state index in [9.17, 15) is 0 Å². The first-order valence-electron chi connectivity index (χ1n) is 6.99. The lowest BCUT2D eigenvalue weighted by molar-refractivity contribution is 0.392. The maximum atomic E-state index is 4.37. The second kappa shape index (κ2) is 6.69. The summed E-state index contributed by atoms with van der Waals surface area (Å²) in [4.78, 5) is 8.75. The molecule has 18 heavy (non-hydrogen) atoms. The van der Waals surface area contributed by atoms with E-state index in [2.05, 4.69) is 34.4 Å². The van der Waals surface area contributed by atoms with E-state index in [-0.39, 0.29) is 0 Å². The summed E-state index contributed by atoms with van der Waals surface area (Å²) in [6.07, 6.45) is 7.50. The minimum Gasteiger partial charge on any atom is -0.354 e. The summed E-state index contributed by atoms with van der Waals surface area (Å²) in [7, 11) is 0. The smallest absolute Gasteiger partial charge is 0.222 e. The number of anilines is 1. The van der Waals surface area contributed by atoms with Crippen LogP contribution >= 0.6 is 0 Å². The minimum atomic E-state index is 0.653. The molecule has 0 bridgehead atoms. The quantitative estimate of drug-likeness (QED) is 0.837. The number of nitrogens with one attached hydrogen (secondary N) is 2. The van der Waals surface area contributed by atoms with Gasteiger partial charge in [0.2, 0.25) is 5.95 Å². The van der Waals surface area contributed by atoms with Gasteiger partial charge in [0.15, 0.2) is 0 Å². The second-order valence-electron chi connectivity index (χ2n) is 5.61. The number of rotatable bonds is 5. The Kier molecular flexibility index (Phi) is 4.93. The van der Waals surface area contributed by atoms with Crippen molar-refractivity contribution in [3.63, 3.8) is 0 Å². The van der Waals surface area contributed by atoms with Gasteiger partial charge < -0.3 is 10.6 Å². The summed E-state index contributed by atoms with van der Waals surface area (Å²) in [5.74, 6) is 2.12. The van der Waals surface area contributed by atoms with E-state index >= 15 is 0 Å². The molecule has 0 saturated carbocycles. The van der Waals surface area contributed by atoms with Crippen molar-refractivity contribution >= 4 is 5.95 Å². The molecule has 0 aliphatic carbocycles. The van der Waals surface area contributed by atoms with Gasteiger partial charge in [-0.1, -0.05) is 13.8 Å². The van der Waals surface area contributed by atoms with Crippen LogP contribution in [0.25, 0.3) is 0 Å². The van der Waals surface area contributed by atoms with Crippen LogP contribution < -0.4 is 10.6 Å². The van der Waals surface area contributed by atoms with Crippen LogP contribution in [-0.4, -0.2) is 29.6 Å². The van der Waals surface area contributed by atoms with Crippen LogP contribution in [-0.2, 0) is 6.42 Å². The first kappa shape index (κ1) is 13.3. The first-order valence-corrected chi connectivity index (χ1v) is 6.99. The third kappa shape index (κ3) is 4.26. The van der Waals surface area contributed by atoms with Gasteiger partial charge in [0, 0.05) is 18.9 Å². The highest BCUT2D eigenvalue weighted by molar-refractivity contribution is 5.24. The van der Waals surface area contributed by atoms with Crippen molar-refractivity contribution < 1.29 is 0 Å². The molecule has 100 valence electrons. The Labute approximate surface area is 110 Å². The van der Waals surface area contributed by atoms with Gasteiger partial charge in [0.1, 0.15) is 0 Å². The molecule has 0 amide bonds. The zero-order chi connectivity index (χ0) is 12.8. The summed E-state index contributed by atoms with van der Waals surface area (Å²) in [6.45, 7) is 7.66. The number of hydrogen-bond acceptors (Lipinski definition) is 4. The Bertz CT molecular complexity index is 341. The predicted molar refractivity (Wildman–Crippen MR) is 74.7 cm³/mol. The molecule has 0 radical (unpaired) electrons. The molecule has 2 rings (SSSR count). The van der Waals surface area contributed by atoms with Crippen molar-refractivity contribution in [1.29, 1.82) is 0 Å². The third-order valence-corrected chi connectivity index (χ3v) is 3.30. The topological polar surface area (TPSA) is 49.8 Å². The number of aromatic nitrogens is 2. The Morgan fingerprint density at radius 1 is 1.39 bits per heavy atom. The fourth-order valence-corrected chi connectivity index (χ4v) is 2.36. The number of hydrogen-bond donors (Lipinski definition) is 2. The lowest BCUT2D eigenvalue weighted by atomic mass is 10.00. The van der Waals surface area contributed by atoms with E-state index in [1.54, 1.807) is 0 Å². The lowest BCUT2D eigenvalue weighted by Crippen LogP contribution is -2.33. The van der Waals surface area contributed by atoms with E-state index in [0.29, 0.717) is 11.8 Å². The monoisotopic (exact) mass is 248 g/mol. The van der Waals surface area contributed by atoms with Crippen molar-refractivity contribution in [3.8, 4) is 0 Å². The van der Waals surface area contributed by atoms with Crippen LogP contribution in [0.1, 0.15) is 32.3 Å². The molecule has 4 nitrogen and oxygen atoms in total. The fraction of sp³-hybridized carbons (Fsp3) is 0.714. The van der Waals surface area contributed by atoms with Crippen LogP contribution in [0.15, 0.2) is 12.4 Å². The van der Waals surface area contributed by atoms with E-state index in [4.69, 9.17) is 0 Å². The predicted octanol–water partition coefficient (Wildman–Crippen LogP) is 2.09. The molecule has 1 aromatic heterocycles. The molecule has 1 unspecified atom stereocenters. The third-order valence-electron chi connectivity index (χ3n) is 3.30. The Morgan fingerprint density at radius 3 is 2.78 bits per heavy atom. The standard InChI is InChI=1S/C14H24N4/c1-11(2)6-13-9-17-14(18-10-13)16-8-12-4-3-5-15-7-12/h9-12,15H,3-8H2,1-2H3,(H,16,17,18). The average molecular weight is 248 g/mol. The molecule has 1 fully saturated rings. The molecular formula is C14H24N4. The van der Waals surface area contributed by atoms with E-state index in [1.165, 1.54) is 18.4 Å². The van der Waals surface area contributed by atoms with E-state index in [1.807, 2.05) is 12.4 Å². The fourth-order valence-electron chi connectivity index (χ4n) is 2.36. The average Bonchev–Trinajstić information content (AvgIpc) is 2.38. The van der Waals surface area contributed by atoms with Gasteiger partial charge in [-0.05, 0) is 49.8 Å². The molecular weight excluding hydrogens is 224 g/mol. The summed E-state index contributed by atoms with van der Waals surface area (Å²) in [5.41, 5.74) is 1.22. The summed E-state index contributed by atoms with van der Waals surface area (Å²) < 4.78 is 0. The SMILES string of the molecule is CC(C)Cc1cnc(NCC2CCCNC2)nc1. The van der Waals surface area contributed by atoms with E-state index in [0.717, 1.165) is 32.0 Å². The van der Waals surface area contributed by atoms with Crippen molar-refractivity contribution in [3.05, 3.63) is 18.0 Å². The van der Waals surface area contributed by atoms with Gasteiger partial charge in [-0.15, -0.1) is 0 Å². The minimum absolute atomic E-state index is 0.653. The lowest BCUT2D eigenvalue weighted by Gasteiger charge is -2.22. The summed E-state index contributed by atoms with van der Waals surface area (Å²) >= 11 is 0. The highest BCUT2D eigenvalue weighted by Crippen LogP contribution is 2.11. The van der Waals surface area contributed by atoms with Crippen LogP contribution in [0.5, 0.6) is 0 Å². The molecule has 1 aliphatic heterocycles. The van der Waals surface area contributed by atoms with Crippen LogP contribution in [0, 0.1) is 11.8 Å². The van der Waals surface area contributed by atoms with Crippen molar-refractivity contribution in [2.24, 2.45) is 11.8 Å². The maximum absolute atomic E-state index is 4.37. The maximum Gasteiger partial charge on any atom is 0.222 e. The van der Waals surface area contributed by atoms with Crippen molar-refractivity contribution in [1.82, 2.24) is 15.3 Å².